The minimum Gasteiger partial charge on any atom is -0.356 e. The molecule has 0 saturated heterocycles. The van der Waals surface area contributed by atoms with E-state index in [0.717, 1.165) is 17.0 Å². The van der Waals surface area contributed by atoms with Crippen LogP contribution < -0.4 is 14.9 Å². The van der Waals surface area contributed by atoms with Crippen molar-refractivity contribution in [1.29, 1.82) is 0 Å². The molecule has 0 aliphatic carbocycles. The molecule has 0 bridgehead atoms. The van der Waals surface area contributed by atoms with E-state index in [1.165, 1.54) is 6.92 Å². The average Bonchev–Trinajstić information content (AvgIpc) is 2.43. The summed E-state index contributed by atoms with van der Waals surface area (Å²) in [7, 11) is -3.54. The molecule has 0 saturated carbocycles. The van der Waals surface area contributed by atoms with Crippen molar-refractivity contribution < 1.29 is 18.0 Å². The average molecular weight is 341 g/mol. The van der Waals surface area contributed by atoms with Gasteiger partial charge in [0.25, 0.3) is 0 Å². The Morgan fingerprint density at radius 3 is 2.52 bits per heavy atom. The molecule has 7 nitrogen and oxygen atoms in total. The molecule has 0 atom stereocenters. The molecule has 0 radical (unpaired) electrons. The highest BCUT2D eigenvalue weighted by Crippen LogP contribution is 2.22. The quantitative estimate of drug-likeness (QED) is 0.745. The fourth-order valence-corrected chi connectivity index (χ4v) is 2.90. The minimum atomic E-state index is -3.54. The lowest BCUT2D eigenvalue weighted by Gasteiger charge is -2.22. The molecular formula is C15H23N3O4S. The van der Waals surface area contributed by atoms with Crippen LogP contribution in [-0.4, -0.2) is 39.6 Å². The summed E-state index contributed by atoms with van der Waals surface area (Å²) in [6.07, 6.45) is 1.97. The summed E-state index contributed by atoms with van der Waals surface area (Å²) in [5.41, 5.74) is 0.904. The molecular weight excluding hydrogens is 318 g/mol. The highest BCUT2D eigenvalue weighted by molar-refractivity contribution is 7.92. The Bertz CT molecular complexity index is 658. The largest absolute Gasteiger partial charge is 0.356 e. The maximum atomic E-state index is 12.0. The Morgan fingerprint density at radius 1 is 1.26 bits per heavy atom. The fourth-order valence-electron chi connectivity index (χ4n) is 1.98. The van der Waals surface area contributed by atoms with Gasteiger partial charge in [-0.2, -0.15) is 0 Å². The van der Waals surface area contributed by atoms with E-state index in [-0.39, 0.29) is 24.8 Å². The molecule has 0 fully saturated rings. The van der Waals surface area contributed by atoms with Crippen LogP contribution in [0.15, 0.2) is 24.3 Å². The summed E-state index contributed by atoms with van der Waals surface area (Å²) < 4.78 is 25.2. The van der Waals surface area contributed by atoms with E-state index in [2.05, 4.69) is 10.6 Å². The smallest absolute Gasteiger partial charge is 0.232 e. The van der Waals surface area contributed by atoms with E-state index in [9.17, 15) is 18.0 Å². The summed E-state index contributed by atoms with van der Waals surface area (Å²) in [6, 6.07) is 6.50. The molecule has 0 aromatic heterocycles. The molecule has 2 N–H and O–H groups in total. The van der Waals surface area contributed by atoms with Crippen LogP contribution in [0, 0.1) is 0 Å². The van der Waals surface area contributed by atoms with Crippen LogP contribution in [0.3, 0.4) is 0 Å². The normalized spacial score (nSPS) is 10.9. The van der Waals surface area contributed by atoms with Crippen molar-refractivity contribution in [3.8, 4) is 0 Å². The number of hydrogen-bond donors (Lipinski definition) is 2. The third kappa shape index (κ3) is 6.68. The molecule has 8 heteroatoms. The molecule has 1 rings (SSSR count). The van der Waals surface area contributed by atoms with E-state index in [1.54, 1.807) is 24.3 Å². The molecule has 23 heavy (non-hydrogen) atoms. The van der Waals surface area contributed by atoms with Crippen molar-refractivity contribution in [3.05, 3.63) is 24.3 Å². The molecule has 2 amide bonds. The number of amides is 2. The highest BCUT2D eigenvalue weighted by Gasteiger charge is 2.19. The van der Waals surface area contributed by atoms with Crippen LogP contribution in [0.25, 0.3) is 0 Å². The SMILES string of the molecule is CCCNC(=O)CCN(c1cccc(NC(C)=O)c1)S(C)(=O)=O. The standard InChI is InChI=1S/C15H23N3O4S/c1-4-9-16-15(20)8-10-18(23(3,21)22)14-7-5-6-13(11-14)17-12(2)19/h5-7,11H,4,8-10H2,1-3H3,(H,16,20)(H,17,19). The van der Waals surface area contributed by atoms with Crippen LogP contribution in [-0.2, 0) is 19.6 Å². The van der Waals surface area contributed by atoms with Gasteiger partial charge in [0.1, 0.15) is 0 Å². The first-order chi connectivity index (χ1) is 10.7. The van der Waals surface area contributed by atoms with Gasteiger partial charge in [-0.25, -0.2) is 8.42 Å². The minimum absolute atomic E-state index is 0.0396. The van der Waals surface area contributed by atoms with Crippen LogP contribution in [0.4, 0.5) is 11.4 Å². The van der Waals surface area contributed by atoms with Gasteiger partial charge in [0.05, 0.1) is 11.9 Å². The first-order valence-corrected chi connectivity index (χ1v) is 9.21. The van der Waals surface area contributed by atoms with Crippen molar-refractivity contribution in [2.24, 2.45) is 0 Å². The number of carbonyl (C=O) groups excluding carboxylic acids is 2. The van der Waals surface area contributed by atoms with Gasteiger partial charge in [-0.05, 0) is 24.6 Å². The van der Waals surface area contributed by atoms with Crippen molar-refractivity contribution in [2.45, 2.75) is 26.7 Å². The number of benzene rings is 1. The van der Waals surface area contributed by atoms with Gasteiger partial charge in [-0.15, -0.1) is 0 Å². The van der Waals surface area contributed by atoms with E-state index in [1.807, 2.05) is 6.92 Å². The van der Waals surface area contributed by atoms with E-state index in [4.69, 9.17) is 0 Å². The predicted molar refractivity (Wildman–Crippen MR) is 90.9 cm³/mol. The fraction of sp³-hybridized carbons (Fsp3) is 0.467. The Labute approximate surface area is 137 Å². The number of anilines is 2. The number of rotatable bonds is 8. The van der Waals surface area contributed by atoms with Crippen molar-refractivity contribution >= 4 is 33.2 Å². The second kappa shape index (κ2) is 8.52. The molecule has 0 heterocycles. The van der Waals surface area contributed by atoms with Gasteiger partial charge in [0, 0.05) is 32.1 Å². The van der Waals surface area contributed by atoms with Gasteiger partial charge >= 0.3 is 0 Å². The van der Waals surface area contributed by atoms with E-state index >= 15 is 0 Å². The summed E-state index contributed by atoms with van der Waals surface area (Å²) in [5, 5.41) is 5.32. The first-order valence-electron chi connectivity index (χ1n) is 7.36. The van der Waals surface area contributed by atoms with Gasteiger partial charge in [0.2, 0.25) is 21.8 Å². The summed E-state index contributed by atoms with van der Waals surface area (Å²) in [5.74, 6) is -0.439. The van der Waals surface area contributed by atoms with Crippen molar-refractivity contribution in [1.82, 2.24) is 5.32 Å². The van der Waals surface area contributed by atoms with Crippen LogP contribution in [0.2, 0.25) is 0 Å². The molecule has 0 unspecified atom stereocenters. The number of hydrogen-bond acceptors (Lipinski definition) is 4. The highest BCUT2D eigenvalue weighted by atomic mass is 32.2. The lowest BCUT2D eigenvalue weighted by molar-refractivity contribution is -0.120. The van der Waals surface area contributed by atoms with Crippen LogP contribution in [0.5, 0.6) is 0 Å². The zero-order chi connectivity index (χ0) is 17.5. The molecule has 128 valence electrons. The van der Waals surface area contributed by atoms with Gasteiger partial charge in [-0.1, -0.05) is 13.0 Å². The zero-order valence-corrected chi connectivity index (χ0v) is 14.4. The molecule has 0 aliphatic heterocycles. The second-order valence-electron chi connectivity index (χ2n) is 5.17. The topological polar surface area (TPSA) is 95.6 Å². The zero-order valence-electron chi connectivity index (χ0n) is 13.6. The molecule has 1 aromatic carbocycles. The third-order valence-corrected chi connectivity index (χ3v) is 4.16. The Balaban J connectivity index is 2.91. The Morgan fingerprint density at radius 2 is 1.96 bits per heavy atom. The van der Waals surface area contributed by atoms with Crippen molar-refractivity contribution in [2.75, 3.05) is 29.0 Å². The Kier molecular flexibility index (Phi) is 7.02. The number of sulfonamides is 1. The summed E-state index contributed by atoms with van der Waals surface area (Å²) >= 11 is 0. The first kappa shape index (κ1) is 19.0. The van der Waals surface area contributed by atoms with Crippen molar-refractivity contribution in [3.63, 3.8) is 0 Å². The third-order valence-electron chi connectivity index (χ3n) is 2.97. The maximum Gasteiger partial charge on any atom is 0.232 e. The van der Waals surface area contributed by atoms with Crippen LogP contribution in [0.1, 0.15) is 26.7 Å². The Hall–Kier alpha value is -2.09. The van der Waals surface area contributed by atoms with Gasteiger partial charge in [0.15, 0.2) is 0 Å². The van der Waals surface area contributed by atoms with E-state index in [0.29, 0.717) is 17.9 Å². The number of nitrogens with one attached hydrogen (secondary N) is 2. The monoisotopic (exact) mass is 341 g/mol. The maximum absolute atomic E-state index is 12.0. The molecule has 0 spiro atoms. The number of nitrogens with zero attached hydrogens (tertiary/aromatic N) is 1. The molecule has 0 aliphatic rings. The lowest BCUT2D eigenvalue weighted by atomic mass is 10.2. The summed E-state index contributed by atoms with van der Waals surface area (Å²) in [6.45, 7) is 3.92. The van der Waals surface area contributed by atoms with E-state index < -0.39 is 10.0 Å². The lowest BCUT2D eigenvalue weighted by Crippen LogP contribution is -2.34. The second-order valence-corrected chi connectivity index (χ2v) is 7.07. The predicted octanol–water partition coefficient (Wildman–Crippen LogP) is 1.33. The molecule has 1 aromatic rings. The van der Waals surface area contributed by atoms with Crippen LogP contribution >= 0.6 is 0 Å². The summed E-state index contributed by atoms with van der Waals surface area (Å²) in [4.78, 5) is 22.8. The number of carbonyl (C=O) groups is 2. The van der Waals surface area contributed by atoms with Gasteiger partial charge < -0.3 is 10.6 Å². The van der Waals surface area contributed by atoms with Gasteiger partial charge in [-0.3, -0.25) is 13.9 Å².